The van der Waals surface area contributed by atoms with Crippen LogP contribution in [0.25, 0.3) is 10.9 Å². The fraction of sp³-hybridized carbons (Fsp3) is 0.455. The van der Waals surface area contributed by atoms with E-state index in [1.54, 1.807) is 20.1 Å². The molecule has 3 rings (SSSR count). The van der Waals surface area contributed by atoms with Crippen LogP contribution in [-0.4, -0.2) is 49.1 Å². The summed E-state index contributed by atoms with van der Waals surface area (Å²) >= 11 is 0. The fourth-order valence-corrected chi connectivity index (χ4v) is 3.75. The number of methoxy groups -OCH3 is 2. The van der Waals surface area contributed by atoms with Gasteiger partial charge in [0.05, 0.1) is 19.7 Å². The quantitative estimate of drug-likeness (QED) is 0.704. The molecular weight excluding hydrogens is 386 g/mol. The van der Waals surface area contributed by atoms with Crippen molar-refractivity contribution in [2.24, 2.45) is 5.92 Å². The van der Waals surface area contributed by atoms with Crippen molar-refractivity contribution in [1.29, 1.82) is 0 Å². The summed E-state index contributed by atoms with van der Waals surface area (Å²) in [6.45, 7) is 1.60. The molecule has 30 heavy (non-hydrogen) atoms. The van der Waals surface area contributed by atoms with Crippen molar-refractivity contribution in [3.8, 4) is 5.75 Å². The molecule has 0 aliphatic heterocycles. The molecule has 2 amide bonds. The third-order valence-electron chi connectivity index (χ3n) is 5.48. The molecule has 1 heterocycles. The minimum absolute atomic E-state index is 0.0288. The van der Waals surface area contributed by atoms with Gasteiger partial charge in [-0.2, -0.15) is 0 Å². The number of esters is 1. The van der Waals surface area contributed by atoms with Crippen molar-refractivity contribution in [2.75, 3.05) is 14.2 Å². The van der Waals surface area contributed by atoms with Gasteiger partial charge in [0.1, 0.15) is 17.5 Å². The van der Waals surface area contributed by atoms with E-state index in [9.17, 15) is 14.4 Å². The standard InChI is InChI=1S/C22H27N3O5/c1-13(22(28)30-3)23-20(26)14-8-10-15(11-9-14)24-21(27)18-12-19(29-2)16-6-4-5-7-17(16)25-18/h4-7,12-15H,8-11H2,1-3H3,(H,23,26)(H,24,27)/t13-,14?,15?/m1/s1. The van der Waals surface area contributed by atoms with Gasteiger partial charge in [-0.3, -0.25) is 9.59 Å². The largest absolute Gasteiger partial charge is 0.496 e. The van der Waals surface area contributed by atoms with E-state index >= 15 is 0 Å². The predicted molar refractivity (Wildman–Crippen MR) is 111 cm³/mol. The van der Waals surface area contributed by atoms with Crippen LogP contribution in [0.4, 0.5) is 0 Å². The highest BCUT2D eigenvalue weighted by atomic mass is 16.5. The highest BCUT2D eigenvalue weighted by Crippen LogP contribution is 2.27. The van der Waals surface area contributed by atoms with Gasteiger partial charge in [-0.1, -0.05) is 12.1 Å². The topological polar surface area (TPSA) is 107 Å². The number of nitrogens with one attached hydrogen (secondary N) is 2. The Labute approximate surface area is 175 Å². The number of pyridine rings is 1. The van der Waals surface area contributed by atoms with Crippen LogP contribution in [0.3, 0.4) is 0 Å². The van der Waals surface area contributed by atoms with Crippen LogP contribution in [0.2, 0.25) is 0 Å². The summed E-state index contributed by atoms with van der Waals surface area (Å²) in [5, 5.41) is 6.55. The van der Waals surface area contributed by atoms with E-state index < -0.39 is 12.0 Å². The number of hydrogen-bond donors (Lipinski definition) is 2. The number of aromatic nitrogens is 1. The summed E-state index contributed by atoms with van der Waals surface area (Å²) in [6, 6.07) is 8.44. The van der Waals surface area contributed by atoms with Crippen LogP contribution in [0.1, 0.15) is 43.1 Å². The summed E-state index contributed by atoms with van der Waals surface area (Å²) in [5.74, 6) is -0.456. The van der Waals surface area contributed by atoms with E-state index in [2.05, 4.69) is 20.4 Å². The van der Waals surface area contributed by atoms with Crippen LogP contribution in [0, 0.1) is 5.92 Å². The molecule has 1 fully saturated rings. The van der Waals surface area contributed by atoms with Gasteiger partial charge in [0, 0.05) is 23.4 Å². The van der Waals surface area contributed by atoms with Gasteiger partial charge in [-0.05, 0) is 44.7 Å². The minimum atomic E-state index is -0.672. The molecule has 1 saturated carbocycles. The lowest BCUT2D eigenvalue weighted by Gasteiger charge is -2.29. The summed E-state index contributed by atoms with van der Waals surface area (Å²) in [6.07, 6.45) is 2.64. The first-order valence-corrected chi connectivity index (χ1v) is 10.1. The van der Waals surface area contributed by atoms with Crippen molar-refractivity contribution in [2.45, 2.75) is 44.7 Å². The Kier molecular flexibility index (Phi) is 6.87. The SMILES string of the molecule is COC(=O)[C@@H](C)NC(=O)C1CCC(NC(=O)c2cc(OC)c3ccccc3n2)CC1. The van der Waals surface area contributed by atoms with E-state index in [4.69, 9.17) is 4.74 Å². The molecular formula is C22H27N3O5. The highest BCUT2D eigenvalue weighted by molar-refractivity contribution is 5.97. The zero-order valence-electron chi connectivity index (χ0n) is 17.4. The highest BCUT2D eigenvalue weighted by Gasteiger charge is 2.29. The third-order valence-corrected chi connectivity index (χ3v) is 5.48. The van der Waals surface area contributed by atoms with Crippen LogP contribution in [0.5, 0.6) is 5.75 Å². The molecule has 8 nitrogen and oxygen atoms in total. The molecule has 0 saturated heterocycles. The number of fused-ring (bicyclic) bond motifs is 1. The molecule has 8 heteroatoms. The van der Waals surface area contributed by atoms with Gasteiger partial charge in [0.15, 0.2) is 0 Å². The number of hydrogen-bond acceptors (Lipinski definition) is 6. The maximum absolute atomic E-state index is 12.7. The van der Waals surface area contributed by atoms with Gasteiger partial charge in [-0.25, -0.2) is 9.78 Å². The summed E-state index contributed by atoms with van der Waals surface area (Å²) < 4.78 is 10.0. The van der Waals surface area contributed by atoms with Gasteiger partial charge in [0.2, 0.25) is 5.91 Å². The Morgan fingerprint density at radius 1 is 1.10 bits per heavy atom. The second kappa shape index (κ2) is 9.56. The number of carbonyl (C=O) groups excluding carboxylic acids is 3. The second-order valence-electron chi connectivity index (χ2n) is 7.50. The van der Waals surface area contributed by atoms with Gasteiger partial charge in [0.25, 0.3) is 5.91 Å². The number of benzene rings is 1. The van der Waals surface area contributed by atoms with Crippen molar-refractivity contribution in [3.05, 3.63) is 36.0 Å². The maximum Gasteiger partial charge on any atom is 0.328 e. The van der Waals surface area contributed by atoms with Crippen molar-refractivity contribution in [1.82, 2.24) is 15.6 Å². The molecule has 1 aromatic carbocycles. The zero-order valence-corrected chi connectivity index (χ0v) is 17.4. The maximum atomic E-state index is 12.7. The number of para-hydroxylation sites is 1. The van der Waals surface area contributed by atoms with Crippen LogP contribution in [0.15, 0.2) is 30.3 Å². The van der Waals surface area contributed by atoms with Crippen LogP contribution < -0.4 is 15.4 Å². The Morgan fingerprint density at radius 3 is 2.47 bits per heavy atom. The number of rotatable bonds is 6. The first kappa shape index (κ1) is 21.5. The number of nitrogens with zero attached hydrogens (tertiary/aromatic N) is 1. The second-order valence-corrected chi connectivity index (χ2v) is 7.50. The van der Waals surface area contributed by atoms with E-state index in [1.807, 2.05) is 24.3 Å². The average Bonchev–Trinajstić information content (AvgIpc) is 2.77. The fourth-order valence-electron chi connectivity index (χ4n) is 3.75. The third kappa shape index (κ3) is 4.87. The lowest BCUT2D eigenvalue weighted by Crippen LogP contribution is -2.45. The molecule has 0 spiro atoms. The van der Waals surface area contributed by atoms with E-state index in [0.29, 0.717) is 42.6 Å². The molecule has 0 bridgehead atoms. The summed E-state index contributed by atoms with van der Waals surface area (Å²) in [4.78, 5) is 41.0. The van der Waals surface area contributed by atoms with Gasteiger partial charge >= 0.3 is 5.97 Å². The molecule has 160 valence electrons. The van der Waals surface area contributed by atoms with Crippen molar-refractivity contribution < 1.29 is 23.9 Å². The average molecular weight is 413 g/mol. The molecule has 2 N–H and O–H groups in total. The molecule has 1 aliphatic rings. The van der Waals surface area contributed by atoms with E-state index in [0.717, 1.165) is 5.39 Å². The van der Waals surface area contributed by atoms with Crippen molar-refractivity contribution in [3.63, 3.8) is 0 Å². The van der Waals surface area contributed by atoms with Crippen molar-refractivity contribution >= 4 is 28.7 Å². The van der Waals surface area contributed by atoms with Crippen LogP contribution >= 0.6 is 0 Å². The Hall–Kier alpha value is -3.16. The molecule has 0 unspecified atom stereocenters. The lowest BCUT2D eigenvalue weighted by molar-refractivity contribution is -0.145. The van der Waals surface area contributed by atoms with Crippen LogP contribution in [-0.2, 0) is 14.3 Å². The Morgan fingerprint density at radius 2 is 1.80 bits per heavy atom. The van der Waals surface area contributed by atoms with Gasteiger partial charge in [-0.15, -0.1) is 0 Å². The molecule has 1 aliphatic carbocycles. The first-order valence-electron chi connectivity index (χ1n) is 10.1. The predicted octanol–water partition coefficient (Wildman–Crippen LogP) is 2.21. The lowest BCUT2D eigenvalue weighted by atomic mass is 9.85. The summed E-state index contributed by atoms with van der Waals surface area (Å²) in [5.41, 5.74) is 0.999. The summed E-state index contributed by atoms with van der Waals surface area (Å²) in [7, 11) is 2.86. The van der Waals surface area contributed by atoms with Gasteiger partial charge < -0.3 is 20.1 Å². The first-order chi connectivity index (χ1) is 14.4. The molecule has 0 radical (unpaired) electrons. The normalized spacial score (nSPS) is 19.6. The van der Waals surface area contributed by atoms with E-state index in [1.165, 1.54) is 7.11 Å². The number of amides is 2. The smallest absolute Gasteiger partial charge is 0.328 e. The number of ether oxygens (including phenoxy) is 2. The number of carbonyl (C=O) groups is 3. The molecule has 1 aromatic heterocycles. The zero-order chi connectivity index (χ0) is 21.7. The van der Waals surface area contributed by atoms with E-state index in [-0.39, 0.29) is 23.8 Å². The minimum Gasteiger partial charge on any atom is -0.496 e. The Balaban J connectivity index is 1.57. The molecule has 1 atom stereocenters. The molecule has 2 aromatic rings. The Bertz CT molecular complexity index is 938. The monoisotopic (exact) mass is 413 g/mol.